The summed E-state index contributed by atoms with van der Waals surface area (Å²) in [6.07, 6.45) is 3.84. The molecule has 1 fully saturated rings. The number of rotatable bonds is 4. The van der Waals surface area contributed by atoms with Gasteiger partial charge in [-0.05, 0) is 50.4 Å². The number of nitrogens with one attached hydrogen (secondary N) is 2. The van der Waals surface area contributed by atoms with Crippen molar-refractivity contribution in [2.75, 3.05) is 11.9 Å². The number of anilines is 1. The Balaban J connectivity index is 2.12. The van der Waals surface area contributed by atoms with Crippen LogP contribution in [0.15, 0.2) is 18.2 Å². The fraction of sp³-hybridized carbons (Fsp3) is 0.533. The van der Waals surface area contributed by atoms with Crippen LogP contribution in [0.4, 0.5) is 5.69 Å². The number of aryl methyl sites for hydroxylation is 1. The van der Waals surface area contributed by atoms with E-state index in [4.69, 9.17) is 11.6 Å². The van der Waals surface area contributed by atoms with Crippen LogP contribution in [0.1, 0.15) is 38.2 Å². The number of hydrogen-bond donors (Lipinski definition) is 2. The number of hydrogen-bond acceptors (Lipinski definition) is 2. The fourth-order valence-corrected chi connectivity index (χ4v) is 2.86. The average Bonchev–Trinajstić information content (AvgIpc) is 2.84. The van der Waals surface area contributed by atoms with E-state index in [0.29, 0.717) is 5.02 Å². The summed E-state index contributed by atoms with van der Waals surface area (Å²) in [6, 6.07) is 5.63. The van der Waals surface area contributed by atoms with Gasteiger partial charge in [0.15, 0.2) is 0 Å². The molecule has 0 saturated carbocycles. The lowest BCUT2D eigenvalue weighted by Crippen LogP contribution is -2.50. The molecule has 1 amide bonds. The molecule has 19 heavy (non-hydrogen) atoms. The van der Waals surface area contributed by atoms with Gasteiger partial charge in [0, 0.05) is 10.7 Å². The van der Waals surface area contributed by atoms with E-state index in [0.717, 1.165) is 43.5 Å². The Morgan fingerprint density at radius 3 is 2.89 bits per heavy atom. The summed E-state index contributed by atoms with van der Waals surface area (Å²) in [5.41, 5.74) is 1.39. The molecule has 0 aliphatic carbocycles. The highest BCUT2D eigenvalue weighted by molar-refractivity contribution is 6.31. The first-order valence-electron chi connectivity index (χ1n) is 6.90. The van der Waals surface area contributed by atoms with Crippen molar-refractivity contribution < 1.29 is 4.79 Å². The lowest BCUT2D eigenvalue weighted by atomic mass is 9.91. The van der Waals surface area contributed by atoms with Crippen molar-refractivity contribution >= 4 is 23.2 Å². The van der Waals surface area contributed by atoms with Crippen molar-refractivity contribution in [2.24, 2.45) is 0 Å². The van der Waals surface area contributed by atoms with E-state index in [-0.39, 0.29) is 5.91 Å². The predicted molar refractivity (Wildman–Crippen MR) is 79.7 cm³/mol. The van der Waals surface area contributed by atoms with Crippen LogP contribution in [0, 0.1) is 6.92 Å². The normalized spacial score (nSPS) is 22.5. The Morgan fingerprint density at radius 2 is 2.32 bits per heavy atom. The number of carbonyl (C=O) groups is 1. The van der Waals surface area contributed by atoms with Gasteiger partial charge in [-0.3, -0.25) is 4.79 Å². The third kappa shape index (κ3) is 3.10. The molecule has 0 spiro atoms. The van der Waals surface area contributed by atoms with Gasteiger partial charge in [0.2, 0.25) is 5.91 Å². The lowest BCUT2D eigenvalue weighted by molar-refractivity contribution is -0.122. The van der Waals surface area contributed by atoms with Gasteiger partial charge in [-0.2, -0.15) is 0 Å². The summed E-state index contributed by atoms with van der Waals surface area (Å²) in [5, 5.41) is 7.05. The van der Waals surface area contributed by atoms with E-state index >= 15 is 0 Å². The van der Waals surface area contributed by atoms with Gasteiger partial charge < -0.3 is 10.6 Å². The summed E-state index contributed by atoms with van der Waals surface area (Å²) < 4.78 is 0. The molecule has 1 aromatic carbocycles. The average molecular weight is 281 g/mol. The topological polar surface area (TPSA) is 41.1 Å². The molecule has 1 heterocycles. The van der Waals surface area contributed by atoms with Gasteiger partial charge in [-0.15, -0.1) is 0 Å². The summed E-state index contributed by atoms with van der Waals surface area (Å²) in [6.45, 7) is 4.98. The smallest absolute Gasteiger partial charge is 0.244 e. The monoisotopic (exact) mass is 280 g/mol. The van der Waals surface area contributed by atoms with Crippen molar-refractivity contribution in [1.82, 2.24) is 5.32 Å². The Morgan fingerprint density at radius 1 is 1.53 bits per heavy atom. The van der Waals surface area contributed by atoms with Gasteiger partial charge in [-0.1, -0.05) is 31.0 Å². The highest BCUT2D eigenvalue weighted by atomic mass is 35.5. The maximum absolute atomic E-state index is 12.5. The molecular formula is C15H21ClN2O. The van der Waals surface area contributed by atoms with E-state index in [1.54, 1.807) is 0 Å². The van der Waals surface area contributed by atoms with E-state index in [2.05, 4.69) is 17.6 Å². The molecule has 3 nitrogen and oxygen atoms in total. The molecule has 0 aromatic heterocycles. The SMILES string of the molecule is CCCC1(C(=O)Nc2ccc(C)c(Cl)c2)CCCN1. The lowest BCUT2D eigenvalue weighted by Gasteiger charge is -2.27. The molecule has 104 valence electrons. The maximum atomic E-state index is 12.5. The second-order valence-corrected chi connectivity index (χ2v) is 5.69. The van der Waals surface area contributed by atoms with Crippen molar-refractivity contribution in [3.8, 4) is 0 Å². The molecule has 1 aliphatic heterocycles. The van der Waals surface area contributed by atoms with Crippen LogP contribution in [-0.4, -0.2) is 18.0 Å². The van der Waals surface area contributed by atoms with E-state index in [9.17, 15) is 4.79 Å². The molecule has 1 saturated heterocycles. The van der Waals surface area contributed by atoms with Crippen molar-refractivity contribution in [2.45, 2.75) is 45.1 Å². The third-order valence-corrected chi connectivity index (χ3v) is 4.19. The van der Waals surface area contributed by atoms with Crippen LogP contribution in [0.2, 0.25) is 5.02 Å². The summed E-state index contributed by atoms with van der Waals surface area (Å²) >= 11 is 6.09. The Labute approximate surface area is 119 Å². The van der Waals surface area contributed by atoms with Crippen LogP contribution >= 0.6 is 11.6 Å². The Kier molecular flexibility index (Phi) is 4.48. The second-order valence-electron chi connectivity index (χ2n) is 5.28. The summed E-state index contributed by atoms with van der Waals surface area (Å²) in [4.78, 5) is 12.5. The van der Waals surface area contributed by atoms with Crippen LogP contribution in [0.5, 0.6) is 0 Å². The summed E-state index contributed by atoms with van der Waals surface area (Å²) in [5.74, 6) is 0.0618. The molecule has 1 unspecified atom stereocenters. The van der Waals surface area contributed by atoms with Gasteiger partial charge in [0.05, 0.1) is 5.54 Å². The molecule has 2 rings (SSSR count). The highest BCUT2D eigenvalue weighted by Crippen LogP contribution is 2.27. The van der Waals surface area contributed by atoms with E-state index in [1.165, 1.54) is 0 Å². The number of benzene rings is 1. The minimum atomic E-state index is -0.397. The highest BCUT2D eigenvalue weighted by Gasteiger charge is 2.39. The molecular weight excluding hydrogens is 260 g/mol. The Hall–Kier alpha value is -1.06. The third-order valence-electron chi connectivity index (χ3n) is 3.78. The standard InChI is InChI=1S/C15H21ClN2O/c1-3-7-15(8-4-9-17-15)14(19)18-12-6-5-11(2)13(16)10-12/h5-6,10,17H,3-4,7-9H2,1-2H3,(H,18,19). The molecule has 4 heteroatoms. The fourth-order valence-electron chi connectivity index (χ4n) is 2.68. The largest absolute Gasteiger partial charge is 0.324 e. The van der Waals surface area contributed by atoms with Crippen LogP contribution in [0.25, 0.3) is 0 Å². The van der Waals surface area contributed by atoms with E-state index < -0.39 is 5.54 Å². The number of amides is 1. The van der Waals surface area contributed by atoms with Crippen molar-refractivity contribution in [3.05, 3.63) is 28.8 Å². The van der Waals surface area contributed by atoms with Gasteiger partial charge in [0.1, 0.15) is 0 Å². The van der Waals surface area contributed by atoms with Gasteiger partial charge in [-0.25, -0.2) is 0 Å². The molecule has 1 atom stereocenters. The molecule has 1 aromatic rings. The first kappa shape index (κ1) is 14.4. The molecule has 0 radical (unpaired) electrons. The number of halogens is 1. The van der Waals surface area contributed by atoms with Gasteiger partial charge >= 0.3 is 0 Å². The zero-order valence-electron chi connectivity index (χ0n) is 11.6. The zero-order chi connectivity index (χ0) is 13.9. The molecule has 2 N–H and O–H groups in total. The predicted octanol–water partition coefficient (Wildman–Crippen LogP) is 3.51. The van der Waals surface area contributed by atoms with Crippen LogP contribution < -0.4 is 10.6 Å². The minimum Gasteiger partial charge on any atom is -0.324 e. The van der Waals surface area contributed by atoms with Crippen LogP contribution in [0.3, 0.4) is 0 Å². The quantitative estimate of drug-likeness (QED) is 0.886. The maximum Gasteiger partial charge on any atom is 0.244 e. The van der Waals surface area contributed by atoms with E-state index in [1.807, 2.05) is 25.1 Å². The Bertz CT molecular complexity index is 467. The second kappa shape index (κ2) is 5.93. The minimum absolute atomic E-state index is 0.0618. The molecule has 1 aliphatic rings. The van der Waals surface area contributed by atoms with Crippen molar-refractivity contribution in [1.29, 1.82) is 0 Å². The van der Waals surface area contributed by atoms with Gasteiger partial charge in [0.25, 0.3) is 0 Å². The summed E-state index contributed by atoms with van der Waals surface area (Å²) in [7, 11) is 0. The first-order valence-corrected chi connectivity index (χ1v) is 7.28. The number of carbonyl (C=O) groups excluding carboxylic acids is 1. The first-order chi connectivity index (χ1) is 9.07. The molecule has 0 bridgehead atoms. The van der Waals surface area contributed by atoms with Crippen LogP contribution in [-0.2, 0) is 4.79 Å². The van der Waals surface area contributed by atoms with Crippen molar-refractivity contribution in [3.63, 3.8) is 0 Å². The zero-order valence-corrected chi connectivity index (χ0v) is 12.3.